The predicted molar refractivity (Wildman–Crippen MR) is 78.0 cm³/mol. The SMILES string of the molecule is CCNc1nc(NN2CCCCC2)nc(-n2cncn2)n1. The van der Waals surface area contributed by atoms with Crippen molar-refractivity contribution in [2.24, 2.45) is 0 Å². The van der Waals surface area contributed by atoms with Gasteiger partial charge in [-0.25, -0.2) is 9.99 Å². The van der Waals surface area contributed by atoms with Crippen LogP contribution in [0.15, 0.2) is 12.7 Å². The third-order valence-electron chi connectivity index (χ3n) is 3.20. The fraction of sp³-hybridized carbons (Fsp3) is 0.583. The predicted octanol–water partition coefficient (Wildman–Crippen LogP) is 0.697. The van der Waals surface area contributed by atoms with Crippen LogP contribution >= 0.6 is 0 Å². The summed E-state index contributed by atoms with van der Waals surface area (Å²) in [4.78, 5) is 17.0. The molecule has 2 N–H and O–H groups in total. The molecule has 0 radical (unpaired) electrons. The number of aromatic nitrogens is 6. The van der Waals surface area contributed by atoms with Crippen LogP contribution in [0.2, 0.25) is 0 Å². The van der Waals surface area contributed by atoms with E-state index in [1.165, 1.54) is 30.3 Å². The molecule has 0 bridgehead atoms. The monoisotopic (exact) mass is 289 g/mol. The molecule has 1 saturated heterocycles. The molecule has 0 unspecified atom stereocenters. The van der Waals surface area contributed by atoms with E-state index < -0.39 is 0 Å². The lowest BCUT2D eigenvalue weighted by Crippen LogP contribution is -2.35. The molecule has 112 valence electrons. The molecule has 1 aliphatic heterocycles. The van der Waals surface area contributed by atoms with E-state index in [2.05, 4.69) is 40.8 Å². The van der Waals surface area contributed by atoms with E-state index in [1.54, 1.807) is 6.33 Å². The summed E-state index contributed by atoms with van der Waals surface area (Å²) in [7, 11) is 0. The third kappa shape index (κ3) is 3.43. The lowest BCUT2D eigenvalue weighted by atomic mass is 10.2. The second-order valence-corrected chi connectivity index (χ2v) is 4.81. The number of nitrogens with one attached hydrogen (secondary N) is 2. The maximum absolute atomic E-state index is 4.40. The number of hydrogen-bond acceptors (Lipinski definition) is 8. The van der Waals surface area contributed by atoms with E-state index in [1.807, 2.05) is 6.92 Å². The zero-order chi connectivity index (χ0) is 14.5. The minimum Gasteiger partial charge on any atom is -0.354 e. The van der Waals surface area contributed by atoms with Gasteiger partial charge in [-0.2, -0.15) is 24.7 Å². The Morgan fingerprint density at radius 3 is 2.62 bits per heavy atom. The lowest BCUT2D eigenvalue weighted by molar-refractivity contribution is 0.271. The number of hydrazine groups is 1. The molecule has 21 heavy (non-hydrogen) atoms. The molecule has 0 atom stereocenters. The van der Waals surface area contributed by atoms with Crippen molar-refractivity contribution in [2.75, 3.05) is 30.4 Å². The van der Waals surface area contributed by atoms with Crippen molar-refractivity contribution >= 4 is 11.9 Å². The molecule has 0 aromatic carbocycles. The summed E-state index contributed by atoms with van der Waals surface area (Å²) < 4.78 is 1.52. The summed E-state index contributed by atoms with van der Waals surface area (Å²) in [5, 5.41) is 9.30. The fourth-order valence-electron chi connectivity index (χ4n) is 2.21. The number of rotatable bonds is 5. The Labute approximate surface area is 122 Å². The first-order chi connectivity index (χ1) is 10.3. The van der Waals surface area contributed by atoms with E-state index in [0.29, 0.717) is 17.8 Å². The average molecular weight is 289 g/mol. The van der Waals surface area contributed by atoms with Gasteiger partial charge in [0.05, 0.1) is 0 Å². The van der Waals surface area contributed by atoms with E-state index >= 15 is 0 Å². The molecular weight excluding hydrogens is 270 g/mol. The van der Waals surface area contributed by atoms with Gasteiger partial charge in [0.1, 0.15) is 12.7 Å². The van der Waals surface area contributed by atoms with Crippen molar-refractivity contribution in [3.63, 3.8) is 0 Å². The minimum atomic E-state index is 0.443. The highest BCUT2D eigenvalue weighted by Crippen LogP contribution is 2.12. The molecule has 0 spiro atoms. The van der Waals surface area contributed by atoms with E-state index in [4.69, 9.17) is 0 Å². The third-order valence-corrected chi connectivity index (χ3v) is 3.20. The molecule has 3 rings (SSSR count). The fourth-order valence-corrected chi connectivity index (χ4v) is 2.21. The Balaban J connectivity index is 1.84. The normalized spacial score (nSPS) is 15.9. The van der Waals surface area contributed by atoms with Crippen LogP contribution in [0.5, 0.6) is 0 Å². The summed E-state index contributed by atoms with van der Waals surface area (Å²) >= 11 is 0. The number of hydrogen-bond donors (Lipinski definition) is 2. The zero-order valence-corrected chi connectivity index (χ0v) is 12.0. The molecule has 1 aliphatic rings. The van der Waals surface area contributed by atoms with Crippen LogP contribution in [0.3, 0.4) is 0 Å². The molecule has 1 fully saturated rings. The molecule has 9 nitrogen and oxygen atoms in total. The van der Waals surface area contributed by atoms with Gasteiger partial charge >= 0.3 is 0 Å². The molecule has 0 aliphatic carbocycles. The van der Waals surface area contributed by atoms with E-state index in [0.717, 1.165) is 19.6 Å². The van der Waals surface area contributed by atoms with Gasteiger partial charge in [0.2, 0.25) is 11.9 Å². The number of anilines is 2. The van der Waals surface area contributed by atoms with Crippen molar-refractivity contribution in [3.05, 3.63) is 12.7 Å². The average Bonchev–Trinajstić information content (AvgIpc) is 3.03. The Morgan fingerprint density at radius 1 is 1.10 bits per heavy atom. The lowest BCUT2D eigenvalue weighted by Gasteiger charge is -2.26. The van der Waals surface area contributed by atoms with Crippen LogP contribution in [0.1, 0.15) is 26.2 Å². The van der Waals surface area contributed by atoms with Gasteiger partial charge in [-0.05, 0) is 19.8 Å². The van der Waals surface area contributed by atoms with Gasteiger partial charge < -0.3 is 5.32 Å². The Kier molecular flexibility index (Phi) is 4.20. The first-order valence-electron chi connectivity index (χ1n) is 7.21. The first kappa shape index (κ1) is 13.7. The Bertz CT molecular complexity index is 562. The van der Waals surface area contributed by atoms with Crippen LogP contribution in [0.4, 0.5) is 11.9 Å². The van der Waals surface area contributed by atoms with Crippen LogP contribution in [-0.2, 0) is 0 Å². The van der Waals surface area contributed by atoms with Gasteiger partial charge in [-0.1, -0.05) is 6.42 Å². The highest BCUT2D eigenvalue weighted by molar-refractivity contribution is 5.37. The molecular formula is C12H19N9. The van der Waals surface area contributed by atoms with Crippen LogP contribution < -0.4 is 10.7 Å². The summed E-state index contributed by atoms with van der Waals surface area (Å²) in [6.45, 7) is 4.74. The van der Waals surface area contributed by atoms with Crippen LogP contribution in [-0.4, -0.2) is 54.4 Å². The highest BCUT2D eigenvalue weighted by atomic mass is 15.5. The van der Waals surface area contributed by atoms with Crippen molar-refractivity contribution in [2.45, 2.75) is 26.2 Å². The maximum Gasteiger partial charge on any atom is 0.258 e. The van der Waals surface area contributed by atoms with Crippen molar-refractivity contribution in [1.82, 2.24) is 34.7 Å². The molecule has 9 heteroatoms. The van der Waals surface area contributed by atoms with E-state index in [9.17, 15) is 0 Å². The highest BCUT2D eigenvalue weighted by Gasteiger charge is 2.13. The Morgan fingerprint density at radius 2 is 1.90 bits per heavy atom. The quantitative estimate of drug-likeness (QED) is 0.830. The number of piperidine rings is 1. The van der Waals surface area contributed by atoms with Gasteiger partial charge in [0.25, 0.3) is 5.95 Å². The smallest absolute Gasteiger partial charge is 0.258 e. The van der Waals surface area contributed by atoms with Crippen LogP contribution in [0.25, 0.3) is 5.95 Å². The van der Waals surface area contributed by atoms with Crippen LogP contribution in [0, 0.1) is 0 Å². The van der Waals surface area contributed by atoms with Gasteiger partial charge in [-0.3, -0.25) is 5.43 Å². The molecule has 0 amide bonds. The number of nitrogens with zero attached hydrogens (tertiary/aromatic N) is 7. The minimum absolute atomic E-state index is 0.443. The molecule has 2 aromatic rings. The van der Waals surface area contributed by atoms with E-state index in [-0.39, 0.29) is 0 Å². The van der Waals surface area contributed by atoms with Gasteiger partial charge in [-0.15, -0.1) is 0 Å². The summed E-state index contributed by atoms with van der Waals surface area (Å²) in [5.74, 6) is 1.49. The topological polar surface area (TPSA) is 96.7 Å². The second-order valence-electron chi connectivity index (χ2n) is 4.81. The summed E-state index contributed by atoms with van der Waals surface area (Å²) in [5.41, 5.74) is 3.25. The zero-order valence-electron chi connectivity index (χ0n) is 12.0. The van der Waals surface area contributed by atoms with Crippen molar-refractivity contribution in [1.29, 1.82) is 0 Å². The second kappa shape index (κ2) is 6.44. The first-order valence-corrected chi connectivity index (χ1v) is 7.21. The standard InChI is InChI=1S/C12H19N9/c1-2-14-10-16-11(19-20-6-4-3-5-7-20)18-12(17-10)21-9-13-8-15-21/h8-9H,2-7H2,1H3,(H2,14,16,17,18,19). The largest absolute Gasteiger partial charge is 0.354 e. The maximum atomic E-state index is 4.40. The molecule has 3 heterocycles. The van der Waals surface area contributed by atoms with Crippen molar-refractivity contribution in [3.8, 4) is 5.95 Å². The van der Waals surface area contributed by atoms with Crippen molar-refractivity contribution < 1.29 is 0 Å². The summed E-state index contributed by atoms with van der Waals surface area (Å²) in [6, 6.07) is 0. The molecule has 2 aromatic heterocycles. The molecule has 0 saturated carbocycles. The van der Waals surface area contributed by atoms with Gasteiger partial charge in [0.15, 0.2) is 0 Å². The van der Waals surface area contributed by atoms with Gasteiger partial charge in [0, 0.05) is 19.6 Å². The summed E-state index contributed by atoms with van der Waals surface area (Å²) in [6.07, 6.45) is 6.68. The Hall–Kier alpha value is -2.29.